The van der Waals surface area contributed by atoms with Crippen LogP contribution in [-0.4, -0.2) is 43.9 Å². The highest BCUT2D eigenvalue weighted by atomic mass is 16.5. The van der Waals surface area contributed by atoms with Crippen LogP contribution in [0.15, 0.2) is 48.5 Å². The van der Waals surface area contributed by atoms with Gasteiger partial charge in [0.15, 0.2) is 6.10 Å². The Hall–Kier alpha value is -3.06. The van der Waals surface area contributed by atoms with Gasteiger partial charge in [-0.25, -0.2) is 4.79 Å². The summed E-state index contributed by atoms with van der Waals surface area (Å²) in [5.74, 6) is 0.389. The number of nitrogens with one attached hydrogen (secondary N) is 1. The lowest BCUT2D eigenvalue weighted by Crippen LogP contribution is -2.30. The summed E-state index contributed by atoms with van der Waals surface area (Å²) in [4.78, 5) is 24.6. The lowest BCUT2D eigenvalue weighted by Gasteiger charge is -2.14. The van der Waals surface area contributed by atoms with Crippen LogP contribution in [0.5, 0.6) is 11.5 Å². The molecule has 7 heteroatoms. The van der Waals surface area contributed by atoms with Crippen molar-refractivity contribution in [3.63, 3.8) is 0 Å². The molecule has 1 heterocycles. The molecule has 0 radical (unpaired) electrons. The number of anilines is 1. The van der Waals surface area contributed by atoms with Crippen molar-refractivity contribution in [3.8, 4) is 11.5 Å². The number of esters is 1. The van der Waals surface area contributed by atoms with Gasteiger partial charge in [-0.3, -0.25) is 4.79 Å². The van der Waals surface area contributed by atoms with Gasteiger partial charge in [0.25, 0.3) is 5.91 Å². The fraction of sp³-hybridized carbons (Fsp3) is 0.391. The third-order valence-corrected chi connectivity index (χ3v) is 4.64. The van der Waals surface area contributed by atoms with Crippen molar-refractivity contribution in [2.45, 2.75) is 38.9 Å². The maximum Gasteiger partial charge on any atom is 0.338 e. The van der Waals surface area contributed by atoms with Crippen LogP contribution < -0.4 is 14.8 Å². The minimum atomic E-state index is -0.945. The van der Waals surface area contributed by atoms with Gasteiger partial charge in [-0.15, -0.1) is 0 Å². The molecule has 1 N–H and O–H groups in total. The van der Waals surface area contributed by atoms with E-state index in [9.17, 15) is 9.59 Å². The van der Waals surface area contributed by atoms with Gasteiger partial charge >= 0.3 is 5.97 Å². The minimum Gasteiger partial charge on any atom is -0.494 e. The lowest BCUT2D eigenvalue weighted by atomic mass is 10.2. The van der Waals surface area contributed by atoms with Crippen molar-refractivity contribution in [1.82, 2.24) is 0 Å². The molecule has 2 aromatic rings. The summed E-state index contributed by atoms with van der Waals surface area (Å²) in [5.41, 5.74) is 0.944. The molecule has 1 aliphatic rings. The highest BCUT2D eigenvalue weighted by molar-refractivity contribution is 5.97. The molecule has 0 aliphatic carbocycles. The van der Waals surface area contributed by atoms with Crippen LogP contribution in [0.2, 0.25) is 0 Å². The summed E-state index contributed by atoms with van der Waals surface area (Å²) in [6, 6.07) is 13.6. The second-order valence-electron chi connectivity index (χ2n) is 6.96. The predicted octanol–water partition coefficient (Wildman–Crippen LogP) is 3.83. The van der Waals surface area contributed by atoms with Gasteiger partial charge in [-0.05, 0) is 75.2 Å². The standard InChI is InChI=1S/C23H27NO6/c1-3-27-19-12-8-18(9-13-19)24-22(25)16(2)30-23(26)17-6-10-20(11-7-17)29-15-21-5-4-14-28-21/h6-13,16,21H,3-5,14-15H2,1-2H3,(H,24,25)/t16-,21+/m1/s1. The number of hydrogen-bond donors (Lipinski definition) is 1. The zero-order valence-corrected chi connectivity index (χ0v) is 17.3. The van der Waals surface area contributed by atoms with E-state index in [0.717, 1.165) is 25.2 Å². The van der Waals surface area contributed by atoms with Gasteiger partial charge in [0, 0.05) is 12.3 Å². The molecule has 1 saturated heterocycles. The summed E-state index contributed by atoms with van der Waals surface area (Å²) in [6.45, 7) is 5.27. The first kappa shape index (κ1) is 21.6. The van der Waals surface area contributed by atoms with E-state index in [1.54, 1.807) is 48.5 Å². The Morgan fingerprint density at radius 3 is 2.37 bits per heavy atom. The van der Waals surface area contributed by atoms with E-state index in [2.05, 4.69) is 5.32 Å². The van der Waals surface area contributed by atoms with Crippen LogP contribution in [0, 0.1) is 0 Å². The molecule has 7 nitrogen and oxygen atoms in total. The van der Waals surface area contributed by atoms with Gasteiger partial charge in [0.05, 0.1) is 18.3 Å². The SMILES string of the molecule is CCOc1ccc(NC(=O)[C@@H](C)OC(=O)c2ccc(OC[C@@H]3CCCO3)cc2)cc1. The van der Waals surface area contributed by atoms with Gasteiger partial charge in [-0.2, -0.15) is 0 Å². The zero-order chi connectivity index (χ0) is 21.3. The van der Waals surface area contributed by atoms with Gasteiger partial charge in [0.1, 0.15) is 18.1 Å². The van der Waals surface area contributed by atoms with Crippen LogP contribution in [0.3, 0.4) is 0 Å². The summed E-state index contributed by atoms with van der Waals surface area (Å²) < 4.78 is 21.8. The molecular formula is C23H27NO6. The topological polar surface area (TPSA) is 83.1 Å². The molecule has 2 aromatic carbocycles. The van der Waals surface area contributed by atoms with Crippen molar-refractivity contribution in [2.75, 3.05) is 25.1 Å². The Kier molecular flexibility index (Phi) is 7.68. The Balaban J connectivity index is 1.47. The fourth-order valence-electron chi connectivity index (χ4n) is 2.98. The van der Waals surface area contributed by atoms with E-state index < -0.39 is 18.0 Å². The molecule has 3 rings (SSSR count). The van der Waals surface area contributed by atoms with E-state index >= 15 is 0 Å². The Bertz CT molecular complexity index is 828. The number of carbonyl (C=O) groups excluding carboxylic acids is 2. The van der Waals surface area contributed by atoms with E-state index in [1.165, 1.54) is 6.92 Å². The van der Waals surface area contributed by atoms with E-state index in [4.69, 9.17) is 18.9 Å². The largest absolute Gasteiger partial charge is 0.494 e. The molecule has 2 atom stereocenters. The predicted molar refractivity (Wildman–Crippen MR) is 112 cm³/mol. The van der Waals surface area contributed by atoms with Crippen LogP contribution >= 0.6 is 0 Å². The highest BCUT2D eigenvalue weighted by Gasteiger charge is 2.20. The summed E-state index contributed by atoms with van der Waals surface area (Å²) in [7, 11) is 0. The molecule has 30 heavy (non-hydrogen) atoms. The molecule has 1 amide bonds. The first-order chi connectivity index (χ1) is 14.5. The molecule has 160 valence electrons. The van der Waals surface area contributed by atoms with Gasteiger partial charge in [0.2, 0.25) is 0 Å². The first-order valence-electron chi connectivity index (χ1n) is 10.1. The number of amides is 1. The molecule has 1 fully saturated rings. The summed E-state index contributed by atoms with van der Waals surface area (Å²) >= 11 is 0. The van der Waals surface area contributed by atoms with E-state index in [-0.39, 0.29) is 6.10 Å². The smallest absolute Gasteiger partial charge is 0.338 e. The third kappa shape index (κ3) is 6.22. The first-order valence-corrected chi connectivity index (χ1v) is 10.1. The number of ether oxygens (including phenoxy) is 4. The van der Waals surface area contributed by atoms with Crippen molar-refractivity contribution in [2.24, 2.45) is 0 Å². The average molecular weight is 413 g/mol. The second-order valence-corrected chi connectivity index (χ2v) is 6.96. The Labute approximate surface area is 176 Å². The third-order valence-electron chi connectivity index (χ3n) is 4.64. The molecule has 0 bridgehead atoms. The molecular weight excluding hydrogens is 386 g/mol. The van der Waals surface area contributed by atoms with Crippen molar-refractivity contribution < 1.29 is 28.5 Å². The van der Waals surface area contributed by atoms with E-state index in [0.29, 0.717) is 30.2 Å². The molecule has 0 aromatic heterocycles. The number of carbonyl (C=O) groups is 2. The van der Waals surface area contributed by atoms with E-state index in [1.807, 2.05) is 6.92 Å². The van der Waals surface area contributed by atoms with Crippen molar-refractivity contribution >= 4 is 17.6 Å². The lowest BCUT2D eigenvalue weighted by molar-refractivity contribution is -0.123. The Morgan fingerprint density at radius 1 is 1.07 bits per heavy atom. The minimum absolute atomic E-state index is 0.129. The number of hydrogen-bond acceptors (Lipinski definition) is 6. The maximum atomic E-state index is 12.3. The molecule has 1 aliphatic heterocycles. The van der Waals surface area contributed by atoms with Gasteiger partial charge < -0.3 is 24.3 Å². The molecule has 0 saturated carbocycles. The summed E-state index contributed by atoms with van der Waals surface area (Å²) in [6.07, 6.45) is 1.24. The number of benzene rings is 2. The fourth-order valence-corrected chi connectivity index (χ4v) is 2.98. The van der Waals surface area contributed by atoms with Gasteiger partial charge in [-0.1, -0.05) is 0 Å². The van der Waals surface area contributed by atoms with Crippen LogP contribution in [0.4, 0.5) is 5.69 Å². The highest BCUT2D eigenvalue weighted by Crippen LogP contribution is 2.18. The second kappa shape index (κ2) is 10.6. The zero-order valence-electron chi connectivity index (χ0n) is 17.3. The normalized spacial score (nSPS) is 16.5. The Morgan fingerprint density at radius 2 is 1.73 bits per heavy atom. The molecule has 0 unspecified atom stereocenters. The van der Waals surface area contributed by atoms with Crippen LogP contribution in [-0.2, 0) is 14.3 Å². The quantitative estimate of drug-likeness (QED) is 0.629. The maximum absolute atomic E-state index is 12.3. The van der Waals surface area contributed by atoms with Crippen molar-refractivity contribution in [3.05, 3.63) is 54.1 Å². The average Bonchev–Trinajstić information content (AvgIpc) is 3.28. The molecule has 0 spiro atoms. The van der Waals surface area contributed by atoms with Crippen LogP contribution in [0.1, 0.15) is 37.0 Å². The number of rotatable bonds is 9. The van der Waals surface area contributed by atoms with Crippen molar-refractivity contribution in [1.29, 1.82) is 0 Å². The monoisotopic (exact) mass is 413 g/mol. The summed E-state index contributed by atoms with van der Waals surface area (Å²) in [5, 5.41) is 2.72. The van der Waals surface area contributed by atoms with Crippen LogP contribution in [0.25, 0.3) is 0 Å².